The van der Waals surface area contributed by atoms with Gasteiger partial charge in [-0.05, 0) is 5.39 Å². The summed E-state index contributed by atoms with van der Waals surface area (Å²) in [6.07, 6.45) is 1.82. The molecule has 0 unspecified atom stereocenters. The zero-order valence-corrected chi connectivity index (χ0v) is 16.5. The zero-order valence-electron chi connectivity index (χ0n) is 13.1. The van der Waals surface area contributed by atoms with Crippen LogP contribution in [0.3, 0.4) is 0 Å². The number of aromatic nitrogens is 1. The van der Waals surface area contributed by atoms with Crippen molar-refractivity contribution in [1.82, 2.24) is 4.98 Å². The maximum atomic E-state index is 4.82. The van der Waals surface area contributed by atoms with Gasteiger partial charge in [-0.2, -0.15) is 6.20 Å². The van der Waals surface area contributed by atoms with Gasteiger partial charge in [-0.1, -0.05) is 86.1 Å². The van der Waals surface area contributed by atoms with Gasteiger partial charge in [-0.25, -0.2) is 0 Å². The molecular formula is C14H24MgN2Si2. The van der Waals surface area contributed by atoms with Gasteiger partial charge in [0.25, 0.3) is 0 Å². The summed E-state index contributed by atoms with van der Waals surface area (Å²) in [6.45, 7) is 13.8. The van der Waals surface area contributed by atoms with E-state index in [1.165, 1.54) is 5.39 Å². The number of benzene rings is 1. The van der Waals surface area contributed by atoms with Gasteiger partial charge in [0.1, 0.15) is 0 Å². The summed E-state index contributed by atoms with van der Waals surface area (Å²) in [5.74, 6) is 0. The van der Waals surface area contributed by atoms with Crippen molar-refractivity contribution < 1.29 is 0 Å². The van der Waals surface area contributed by atoms with Gasteiger partial charge in [0.2, 0.25) is 0 Å². The number of fused-ring (bicyclic) bond motifs is 1. The fourth-order valence-electron chi connectivity index (χ4n) is 1.95. The Morgan fingerprint density at radius 1 is 0.842 bits per heavy atom. The number of nitrogens with zero attached hydrogens (tertiary/aromatic N) is 2. The van der Waals surface area contributed by atoms with E-state index in [0.29, 0.717) is 0 Å². The van der Waals surface area contributed by atoms with Crippen LogP contribution in [0.2, 0.25) is 39.3 Å². The summed E-state index contributed by atoms with van der Waals surface area (Å²) in [7, 11) is -2.21. The number of hydrogen-bond acceptors (Lipinski definition) is 0. The molecule has 2 aromatic rings. The van der Waals surface area contributed by atoms with E-state index < -0.39 is 16.5 Å². The van der Waals surface area contributed by atoms with Gasteiger partial charge < -0.3 is 9.63 Å². The van der Waals surface area contributed by atoms with E-state index in [4.69, 9.17) is 4.65 Å². The van der Waals surface area contributed by atoms with Gasteiger partial charge in [0, 0.05) is 0 Å². The van der Waals surface area contributed by atoms with Crippen LogP contribution in [0.5, 0.6) is 0 Å². The van der Waals surface area contributed by atoms with E-state index in [2.05, 4.69) is 50.3 Å². The monoisotopic (exact) mass is 300 g/mol. The molecular weight excluding hydrogens is 277 g/mol. The van der Waals surface area contributed by atoms with Crippen molar-refractivity contribution in [2.24, 2.45) is 0 Å². The van der Waals surface area contributed by atoms with Gasteiger partial charge >= 0.3 is 23.1 Å². The van der Waals surface area contributed by atoms with Crippen LogP contribution in [0.15, 0.2) is 36.5 Å². The number of hydrogen-bond donors (Lipinski definition) is 0. The molecule has 19 heavy (non-hydrogen) atoms. The normalized spacial score (nSPS) is 11.5. The number of rotatable bonds is 2. The predicted octanol–water partition coefficient (Wildman–Crippen LogP) is 4.45. The minimum Gasteiger partial charge on any atom is -0.668 e. The van der Waals surface area contributed by atoms with Crippen molar-refractivity contribution in [2.75, 3.05) is 0 Å². The molecule has 2 nitrogen and oxygen atoms in total. The minimum absolute atomic E-state index is 0. The van der Waals surface area contributed by atoms with Crippen LogP contribution in [-0.4, -0.2) is 39.5 Å². The summed E-state index contributed by atoms with van der Waals surface area (Å²) in [6, 6.07) is 10.1. The van der Waals surface area contributed by atoms with Crippen LogP contribution in [-0.2, 0) is 0 Å². The van der Waals surface area contributed by atoms with Crippen LogP contribution < -0.4 is 4.98 Å². The molecule has 0 atom stereocenters. The SMILES string of the molecule is C[Si](C)(C)[N-][Si](C)(C)C.[Mg+2].c1ccc2[n-]ccc2c1. The summed E-state index contributed by atoms with van der Waals surface area (Å²) in [5, 5.41) is 1.22. The van der Waals surface area contributed by atoms with Crippen LogP contribution >= 0.6 is 0 Å². The molecule has 100 valence electrons. The molecule has 0 aliphatic carbocycles. The Morgan fingerprint density at radius 3 is 1.79 bits per heavy atom. The van der Waals surface area contributed by atoms with Crippen molar-refractivity contribution in [3.63, 3.8) is 0 Å². The second kappa shape index (κ2) is 7.64. The molecule has 0 fully saturated rings. The fraction of sp³-hybridized carbons (Fsp3) is 0.429. The number of para-hydroxylation sites is 1. The third-order valence-corrected chi connectivity index (χ3v) is 7.44. The quantitative estimate of drug-likeness (QED) is 0.753. The van der Waals surface area contributed by atoms with E-state index >= 15 is 0 Å². The minimum atomic E-state index is -1.11. The molecule has 0 aliphatic rings. The van der Waals surface area contributed by atoms with E-state index in [-0.39, 0.29) is 23.1 Å². The van der Waals surface area contributed by atoms with E-state index in [9.17, 15) is 0 Å². The first-order chi connectivity index (χ1) is 8.17. The Bertz CT molecular complexity index is 442. The van der Waals surface area contributed by atoms with Crippen molar-refractivity contribution in [1.29, 1.82) is 0 Å². The van der Waals surface area contributed by atoms with Gasteiger partial charge in [0.15, 0.2) is 0 Å². The van der Waals surface area contributed by atoms with Crippen LogP contribution in [0.25, 0.3) is 15.6 Å². The Morgan fingerprint density at radius 2 is 1.37 bits per heavy atom. The third-order valence-electron chi connectivity index (χ3n) is 2.08. The Labute approximate surface area is 135 Å². The van der Waals surface area contributed by atoms with Crippen LogP contribution in [0.1, 0.15) is 0 Å². The third kappa shape index (κ3) is 8.65. The van der Waals surface area contributed by atoms with E-state index in [0.717, 1.165) is 5.52 Å². The molecule has 5 heteroatoms. The average molecular weight is 301 g/mol. The first kappa shape index (κ1) is 18.9. The molecule has 0 bridgehead atoms. The molecule has 0 amide bonds. The molecule has 1 aromatic heterocycles. The molecule has 0 saturated carbocycles. The fourth-order valence-corrected chi connectivity index (χ4v) is 10.00. The molecule has 0 spiro atoms. The predicted molar refractivity (Wildman–Crippen MR) is 93.1 cm³/mol. The van der Waals surface area contributed by atoms with Gasteiger partial charge in [-0.3, -0.25) is 0 Å². The largest absolute Gasteiger partial charge is 2.00 e. The van der Waals surface area contributed by atoms with Crippen LogP contribution in [0, 0.1) is 0 Å². The first-order valence-electron chi connectivity index (χ1n) is 6.38. The summed E-state index contributed by atoms with van der Waals surface area (Å²) in [5.41, 5.74) is 1.08. The van der Waals surface area contributed by atoms with Crippen molar-refractivity contribution in [3.05, 3.63) is 41.2 Å². The topological polar surface area (TPSA) is 28.2 Å². The molecule has 1 heterocycles. The Hall–Kier alpha value is -0.0800. The molecule has 0 aliphatic heterocycles. The molecule has 2 rings (SSSR count). The molecule has 0 radical (unpaired) electrons. The molecule has 1 aromatic carbocycles. The smallest absolute Gasteiger partial charge is 0.668 e. The average Bonchev–Trinajstić information content (AvgIpc) is 2.59. The standard InChI is InChI=1S/C8H6N.C6H18NSi2.Mg/c1-2-4-8-7(3-1)5-6-9-8;1-8(2,3)7-9(4,5)6;/h1-6H;1-6H3;/q2*-1;+2. The van der Waals surface area contributed by atoms with Crippen molar-refractivity contribution >= 4 is 50.4 Å². The summed E-state index contributed by atoms with van der Waals surface area (Å²) >= 11 is 0. The maximum absolute atomic E-state index is 4.82. The Kier molecular flexibility index (Phi) is 7.60. The second-order valence-electron chi connectivity index (χ2n) is 6.46. The summed E-state index contributed by atoms with van der Waals surface area (Å²) < 4.78 is 4.82. The van der Waals surface area contributed by atoms with Crippen LogP contribution in [0.4, 0.5) is 0 Å². The maximum Gasteiger partial charge on any atom is 2.00 e. The Balaban J connectivity index is 0.000000324. The molecule has 0 N–H and O–H groups in total. The van der Waals surface area contributed by atoms with Crippen molar-refractivity contribution in [2.45, 2.75) is 39.3 Å². The van der Waals surface area contributed by atoms with Gasteiger partial charge in [0.05, 0.1) is 0 Å². The van der Waals surface area contributed by atoms with Crippen molar-refractivity contribution in [3.8, 4) is 0 Å². The molecule has 0 saturated heterocycles. The second-order valence-corrected chi connectivity index (χ2v) is 16.0. The van der Waals surface area contributed by atoms with E-state index in [1.54, 1.807) is 0 Å². The van der Waals surface area contributed by atoms with Gasteiger partial charge in [-0.15, -0.1) is 5.52 Å². The summed E-state index contributed by atoms with van der Waals surface area (Å²) in [4.78, 5) is 4.12. The first-order valence-corrected chi connectivity index (χ1v) is 13.3. The zero-order chi connectivity index (χ0) is 13.8. The van der Waals surface area contributed by atoms with E-state index in [1.807, 2.05) is 30.5 Å².